The van der Waals surface area contributed by atoms with Crippen molar-refractivity contribution in [3.8, 4) is 11.5 Å². The van der Waals surface area contributed by atoms with Crippen molar-refractivity contribution < 1.29 is 41.4 Å². The molecule has 3 amide bonds. The van der Waals surface area contributed by atoms with Crippen molar-refractivity contribution in [1.82, 2.24) is 9.21 Å². The zero-order valence-corrected chi connectivity index (χ0v) is 25.0. The summed E-state index contributed by atoms with van der Waals surface area (Å²) in [7, 11) is 1.21. The van der Waals surface area contributed by atoms with E-state index in [9.17, 15) is 31.9 Å². The quantitative estimate of drug-likeness (QED) is 0.363. The van der Waals surface area contributed by atoms with Crippen molar-refractivity contribution in [2.75, 3.05) is 58.1 Å². The Hall–Kier alpha value is -4.27. The number of benzene rings is 3. The number of anilines is 2. The standard InChI is InChI=1S/C20H21F2N3O4.C9H13NO3S/c1-12-10-25(7-8-26)19(27)14-3-2-4-16(18(14)29-11-12)23-20(28)24-17-9-13(21)5-6-15(17)22;1-10(2)14(11,12)9-6-4-8(13-3)5-7-9/h2-6,9,12,26H,7-8,10-11H2,1H3,(H2,23,24,28);4-7H,1-3H3. The van der Waals surface area contributed by atoms with Gasteiger partial charge in [0, 0.05) is 39.2 Å². The Kier molecular flexibility index (Phi) is 11.4. The highest BCUT2D eigenvalue weighted by atomic mass is 32.2. The number of carbonyl (C=O) groups excluding carboxylic acids is 2. The number of sulfonamides is 1. The lowest BCUT2D eigenvalue weighted by Crippen LogP contribution is -2.40. The fraction of sp³-hybridized carbons (Fsp3) is 0.310. The number of rotatable bonds is 7. The minimum absolute atomic E-state index is 0.00178. The van der Waals surface area contributed by atoms with E-state index in [0.29, 0.717) is 18.9 Å². The van der Waals surface area contributed by atoms with E-state index in [1.807, 2.05) is 6.92 Å². The van der Waals surface area contributed by atoms with Gasteiger partial charge in [-0.2, -0.15) is 0 Å². The summed E-state index contributed by atoms with van der Waals surface area (Å²) >= 11 is 0. The second-order valence-corrected chi connectivity index (χ2v) is 11.9. The summed E-state index contributed by atoms with van der Waals surface area (Å²) < 4.78 is 62.2. The number of methoxy groups -OCH3 is 1. The minimum atomic E-state index is -3.32. The van der Waals surface area contributed by atoms with Crippen LogP contribution in [-0.2, 0) is 10.0 Å². The molecular formula is C29H34F2N4O7S. The van der Waals surface area contributed by atoms with Crippen LogP contribution in [0.15, 0.2) is 65.6 Å². The van der Waals surface area contributed by atoms with Gasteiger partial charge in [0.05, 0.1) is 42.2 Å². The number of β-amino-alcohol motifs (C(OH)–C–C–N with tert-alkyl or cyclic N) is 1. The van der Waals surface area contributed by atoms with Crippen LogP contribution in [0.4, 0.5) is 25.0 Å². The van der Waals surface area contributed by atoms with E-state index >= 15 is 0 Å². The first-order valence-electron chi connectivity index (χ1n) is 13.1. The Labute approximate surface area is 249 Å². The predicted octanol–water partition coefficient (Wildman–Crippen LogP) is 4.02. The van der Waals surface area contributed by atoms with Gasteiger partial charge in [-0.3, -0.25) is 4.79 Å². The van der Waals surface area contributed by atoms with Crippen LogP contribution in [0.2, 0.25) is 0 Å². The normalized spacial score (nSPS) is 14.8. The molecule has 0 saturated carbocycles. The number of urea groups is 1. The first-order chi connectivity index (χ1) is 20.4. The number of amides is 3. The van der Waals surface area contributed by atoms with E-state index in [4.69, 9.17) is 9.47 Å². The molecule has 1 aliphatic rings. The molecule has 43 heavy (non-hydrogen) atoms. The highest BCUT2D eigenvalue weighted by Gasteiger charge is 2.27. The van der Waals surface area contributed by atoms with Crippen LogP contribution in [0.1, 0.15) is 17.3 Å². The van der Waals surface area contributed by atoms with Gasteiger partial charge in [-0.05, 0) is 48.5 Å². The summed E-state index contributed by atoms with van der Waals surface area (Å²) in [6.45, 7) is 2.63. The lowest BCUT2D eigenvalue weighted by atomic mass is 10.1. The van der Waals surface area contributed by atoms with Crippen LogP contribution in [0.3, 0.4) is 0 Å². The third kappa shape index (κ3) is 8.63. The molecule has 1 heterocycles. The van der Waals surface area contributed by atoms with Gasteiger partial charge in [0.15, 0.2) is 5.75 Å². The molecule has 232 valence electrons. The highest BCUT2D eigenvalue weighted by molar-refractivity contribution is 7.89. The number of carbonyl (C=O) groups is 2. The van der Waals surface area contributed by atoms with Crippen LogP contribution < -0.4 is 20.1 Å². The van der Waals surface area contributed by atoms with Gasteiger partial charge in [0.2, 0.25) is 10.0 Å². The number of fused-ring (bicyclic) bond motifs is 1. The average molecular weight is 621 g/mol. The monoisotopic (exact) mass is 620 g/mol. The number of nitrogens with zero attached hydrogens (tertiary/aromatic N) is 2. The molecule has 4 rings (SSSR count). The topological polar surface area (TPSA) is 138 Å². The third-order valence-electron chi connectivity index (χ3n) is 6.21. The SMILES string of the molecule is CC1COc2c(NC(=O)Nc3cc(F)ccc3F)cccc2C(=O)N(CCO)C1.COc1ccc(S(=O)(=O)N(C)C)cc1. The van der Waals surface area contributed by atoms with Crippen LogP contribution in [0.25, 0.3) is 0 Å². The Morgan fingerprint density at radius 2 is 1.77 bits per heavy atom. The van der Waals surface area contributed by atoms with E-state index in [2.05, 4.69) is 10.6 Å². The summed E-state index contributed by atoms with van der Waals surface area (Å²) in [6.07, 6.45) is 0. The number of hydrogen-bond acceptors (Lipinski definition) is 7. The van der Waals surface area contributed by atoms with Gasteiger partial charge < -0.3 is 30.1 Å². The second kappa shape index (κ2) is 14.8. The fourth-order valence-corrected chi connectivity index (χ4v) is 4.91. The van der Waals surface area contributed by atoms with Crippen LogP contribution in [0.5, 0.6) is 11.5 Å². The van der Waals surface area contributed by atoms with Crippen molar-refractivity contribution in [3.05, 3.63) is 77.9 Å². The number of hydrogen-bond donors (Lipinski definition) is 3. The fourth-order valence-electron chi connectivity index (χ4n) is 4.01. The summed E-state index contributed by atoms with van der Waals surface area (Å²) in [5.41, 5.74) is 0.129. The van der Waals surface area contributed by atoms with Gasteiger partial charge in [0.25, 0.3) is 5.91 Å². The van der Waals surface area contributed by atoms with E-state index in [-0.39, 0.29) is 52.6 Å². The lowest BCUT2D eigenvalue weighted by molar-refractivity contribution is 0.0645. The van der Waals surface area contributed by atoms with E-state index in [0.717, 1.165) is 18.2 Å². The van der Waals surface area contributed by atoms with E-state index in [1.165, 1.54) is 48.6 Å². The molecule has 1 unspecified atom stereocenters. The molecule has 1 aliphatic heterocycles. The maximum atomic E-state index is 13.7. The number of aliphatic hydroxyl groups is 1. The molecule has 0 aliphatic carbocycles. The highest BCUT2D eigenvalue weighted by Crippen LogP contribution is 2.32. The van der Waals surface area contributed by atoms with Crippen LogP contribution in [0, 0.1) is 17.6 Å². The first-order valence-corrected chi connectivity index (χ1v) is 14.6. The van der Waals surface area contributed by atoms with Crippen molar-refractivity contribution >= 4 is 33.3 Å². The number of halogens is 2. The zero-order chi connectivity index (χ0) is 31.7. The van der Waals surface area contributed by atoms with Gasteiger partial charge in [-0.25, -0.2) is 26.3 Å². The molecule has 3 aromatic carbocycles. The number of para-hydroxylation sites is 1. The summed E-state index contributed by atoms with van der Waals surface area (Å²) in [4.78, 5) is 26.9. The van der Waals surface area contributed by atoms with E-state index in [1.54, 1.807) is 24.3 Å². The number of nitrogens with one attached hydrogen (secondary N) is 2. The summed E-state index contributed by atoms with van der Waals surface area (Å²) in [6, 6.07) is 12.8. The average Bonchev–Trinajstić information content (AvgIpc) is 2.97. The zero-order valence-electron chi connectivity index (χ0n) is 24.1. The molecule has 0 radical (unpaired) electrons. The number of aliphatic hydroxyl groups excluding tert-OH is 1. The molecule has 1 atom stereocenters. The Balaban J connectivity index is 0.000000303. The smallest absolute Gasteiger partial charge is 0.323 e. The Morgan fingerprint density at radius 3 is 2.40 bits per heavy atom. The van der Waals surface area contributed by atoms with E-state index < -0.39 is 27.7 Å². The maximum Gasteiger partial charge on any atom is 0.323 e. The Bertz CT molecular complexity index is 1540. The maximum absolute atomic E-state index is 13.7. The molecule has 0 bridgehead atoms. The van der Waals surface area contributed by atoms with Crippen LogP contribution >= 0.6 is 0 Å². The lowest BCUT2D eigenvalue weighted by Gasteiger charge is -2.30. The summed E-state index contributed by atoms with van der Waals surface area (Å²) in [5.74, 6) is -0.990. The molecule has 14 heteroatoms. The Morgan fingerprint density at radius 1 is 1.09 bits per heavy atom. The molecule has 0 saturated heterocycles. The first kappa shape index (κ1) is 33.2. The third-order valence-corrected chi connectivity index (χ3v) is 8.04. The minimum Gasteiger partial charge on any atom is -0.497 e. The van der Waals surface area contributed by atoms with Gasteiger partial charge in [-0.15, -0.1) is 0 Å². The van der Waals surface area contributed by atoms with Crippen molar-refractivity contribution in [2.45, 2.75) is 11.8 Å². The molecule has 3 N–H and O–H groups in total. The van der Waals surface area contributed by atoms with Gasteiger partial charge >= 0.3 is 6.03 Å². The molecule has 0 aromatic heterocycles. The van der Waals surface area contributed by atoms with Gasteiger partial charge in [-0.1, -0.05) is 13.0 Å². The van der Waals surface area contributed by atoms with Crippen molar-refractivity contribution in [2.24, 2.45) is 5.92 Å². The molecular weight excluding hydrogens is 586 g/mol. The molecule has 0 spiro atoms. The molecule has 11 nitrogen and oxygen atoms in total. The second-order valence-electron chi connectivity index (χ2n) is 9.74. The van der Waals surface area contributed by atoms with Crippen molar-refractivity contribution in [1.29, 1.82) is 0 Å². The molecule has 0 fully saturated rings. The summed E-state index contributed by atoms with van der Waals surface area (Å²) in [5, 5.41) is 14.0. The van der Waals surface area contributed by atoms with Crippen LogP contribution in [-0.4, -0.2) is 82.2 Å². The molecule has 3 aromatic rings. The largest absolute Gasteiger partial charge is 0.497 e. The van der Waals surface area contributed by atoms with Gasteiger partial charge in [0.1, 0.15) is 17.4 Å². The van der Waals surface area contributed by atoms with Crippen molar-refractivity contribution in [3.63, 3.8) is 0 Å². The number of ether oxygens (including phenoxy) is 2. The predicted molar refractivity (Wildman–Crippen MR) is 157 cm³/mol.